The number of nitrogens with zero attached hydrogens (tertiary/aromatic N) is 3. The van der Waals surface area contributed by atoms with Crippen LogP contribution in [0.25, 0.3) is 11.0 Å². The van der Waals surface area contributed by atoms with Crippen LogP contribution >= 0.6 is 0 Å². The van der Waals surface area contributed by atoms with Gasteiger partial charge in [-0.05, 0) is 48.9 Å². The highest BCUT2D eigenvalue weighted by molar-refractivity contribution is 5.97. The number of Topliss-reactive ketones (excluding diaryl/α,β-unsaturated/α-hetero) is 1. The number of aryl methyl sites for hydroxylation is 1. The number of hydrogen-bond acceptors (Lipinski definition) is 8. The van der Waals surface area contributed by atoms with E-state index in [1.807, 2.05) is 61.3 Å². The molecule has 4 aromatic rings. The van der Waals surface area contributed by atoms with Crippen molar-refractivity contribution in [1.82, 2.24) is 0 Å². The fourth-order valence-corrected chi connectivity index (χ4v) is 3.58. The topological polar surface area (TPSA) is 102 Å². The van der Waals surface area contributed by atoms with E-state index in [1.54, 1.807) is 30.3 Å². The Bertz CT molecular complexity index is 1460. The lowest BCUT2D eigenvalue weighted by atomic mass is 10.1. The quantitative estimate of drug-likeness (QED) is 0.130. The van der Waals surface area contributed by atoms with E-state index < -0.39 is 11.6 Å². The number of anilines is 1. The first-order chi connectivity index (χ1) is 17.4. The maximum absolute atomic E-state index is 12.1. The number of benzene rings is 3. The minimum Gasteiger partial charge on any atom is -0.457 e. The average molecular weight is 484 g/mol. The summed E-state index contributed by atoms with van der Waals surface area (Å²) >= 11 is 0. The molecule has 0 aliphatic rings. The van der Waals surface area contributed by atoms with Crippen molar-refractivity contribution in [2.45, 2.75) is 13.3 Å². The summed E-state index contributed by atoms with van der Waals surface area (Å²) < 4.78 is 10.4. The summed E-state index contributed by atoms with van der Waals surface area (Å²) in [5.41, 5.74) is 3.54. The van der Waals surface area contributed by atoms with E-state index in [2.05, 4.69) is 10.2 Å². The van der Waals surface area contributed by atoms with Crippen LogP contribution in [0.2, 0.25) is 0 Å². The lowest BCUT2D eigenvalue weighted by Gasteiger charge is -2.18. The number of esters is 1. The molecule has 36 heavy (non-hydrogen) atoms. The van der Waals surface area contributed by atoms with Crippen LogP contribution in [0.5, 0.6) is 0 Å². The number of rotatable bonds is 9. The van der Waals surface area contributed by atoms with Crippen LogP contribution in [0.15, 0.2) is 98.3 Å². The van der Waals surface area contributed by atoms with Crippen molar-refractivity contribution in [3.8, 4) is 0 Å². The Morgan fingerprint density at radius 1 is 0.917 bits per heavy atom. The maximum Gasteiger partial charge on any atom is 0.336 e. The number of azo groups is 1. The summed E-state index contributed by atoms with van der Waals surface area (Å²) in [4.78, 5) is 37.6. The van der Waals surface area contributed by atoms with Gasteiger partial charge in [0.25, 0.3) is 0 Å². The predicted molar refractivity (Wildman–Crippen MR) is 137 cm³/mol. The second kappa shape index (κ2) is 11.2. The van der Waals surface area contributed by atoms with Crippen LogP contribution in [0.3, 0.4) is 0 Å². The average Bonchev–Trinajstić information content (AvgIpc) is 2.89. The van der Waals surface area contributed by atoms with E-state index in [4.69, 9.17) is 9.15 Å². The zero-order valence-corrected chi connectivity index (χ0v) is 20.0. The standard InChI is InChI=1S/C28H25N3O5/c1-19-16-28(34)36-26-17-22(10-13-24(19)26)30-29-21-8-11-23(12-9-21)31(2)15-14-27(33)35-18-25(32)20-6-4-3-5-7-20/h3-13,16-17H,14-15,18H2,1-2H3/b30-29+. The molecule has 0 bridgehead atoms. The number of ketones is 1. The molecule has 0 radical (unpaired) electrons. The van der Waals surface area contributed by atoms with Gasteiger partial charge in [0.2, 0.25) is 0 Å². The Morgan fingerprint density at radius 2 is 1.61 bits per heavy atom. The van der Waals surface area contributed by atoms with Gasteiger partial charge in [-0.25, -0.2) is 4.79 Å². The molecule has 8 heteroatoms. The van der Waals surface area contributed by atoms with Crippen molar-refractivity contribution in [3.63, 3.8) is 0 Å². The highest BCUT2D eigenvalue weighted by atomic mass is 16.5. The number of carbonyl (C=O) groups excluding carboxylic acids is 2. The molecule has 4 rings (SSSR count). The first-order valence-corrected chi connectivity index (χ1v) is 11.4. The summed E-state index contributed by atoms with van der Waals surface area (Å²) in [7, 11) is 1.86. The SMILES string of the molecule is Cc1cc(=O)oc2cc(/N=N/c3ccc(N(C)CCC(=O)OCC(=O)c4ccccc4)cc3)ccc12. The third-order valence-electron chi connectivity index (χ3n) is 5.62. The Morgan fingerprint density at radius 3 is 2.36 bits per heavy atom. The second-order valence-electron chi connectivity index (χ2n) is 8.27. The van der Waals surface area contributed by atoms with Gasteiger partial charge in [0.1, 0.15) is 5.58 Å². The van der Waals surface area contributed by atoms with Gasteiger partial charge < -0.3 is 14.1 Å². The summed E-state index contributed by atoms with van der Waals surface area (Å²) in [6.07, 6.45) is 0.150. The predicted octanol–water partition coefficient (Wildman–Crippen LogP) is 5.77. The Hall–Kier alpha value is -4.59. The Kier molecular flexibility index (Phi) is 7.65. The van der Waals surface area contributed by atoms with Gasteiger partial charge in [0, 0.05) is 42.4 Å². The molecular formula is C28H25N3O5. The third-order valence-corrected chi connectivity index (χ3v) is 5.62. The van der Waals surface area contributed by atoms with Crippen molar-refractivity contribution in [2.24, 2.45) is 10.2 Å². The molecule has 0 aliphatic heterocycles. The van der Waals surface area contributed by atoms with Gasteiger partial charge >= 0.3 is 11.6 Å². The van der Waals surface area contributed by atoms with Crippen molar-refractivity contribution in [2.75, 3.05) is 25.1 Å². The molecule has 8 nitrogen and oxygen atoms in total. The second-order valence-corrected chi connectivity index (χ2v) is 8.27. The van der Waals surface area contributed by atoms with E-state index >= 15 is 0 Å². The number of ether oxygens (including phenoxy) is 1. The molecule has 0 spiro atoms. The van der Waals surface area contributed by atoms with E-state index in [-0.39, 0.29) is 18.8 Å². The fraction of sp³-hybridized carbons (Fsp3) is 0.179. The minimum atomic E-state index is -0.432. The minimum absolute atomic E-state index is 0.150. The molecule has 0 amide bonds. The lowest BCUT2D eigenvalue weighted by Crippen LogP contribution is -2.23. The first kappa shape index (κ1) is 24.5. The number of carbonyl (C=O) groups is 2. The van der Waals surface area contributed by atoms with Crippen molar-refractivity contribution in [1.29, 1.82) is 0 Å². The van der Waals surface area contributed by atoms with Crippen LogP contribution in [0.4, 0.5) is 17.1 Å². The summed E-state index contributed by atoms with van der Waals surface area (Å²) in [6.45, 7) is 2.02. The molecule has 182 valence electrons. The van der Waals surface area contributed by atoms with Gasteiger partial charge in [-0.3, -0.25) is 9.59 Å². The molecule has 0 N–H and O–H groups in total. The monoisotopic (exact) mass is 483 g/mol. The van der Waals surface area contributed by atoms with Crippen LogP contribution < -0.4 is 10.5 Å². The first-order valence-electron chi connectivity index (χ1n) is 11.4. The molecule has 1 aromatic heterocycles. The van der Waals surface area contributed by atoms with Crippen molar-refractivity contribution >= 4 is 39.8 Å². The van der Waals surface area contributed by atoms with Crippen LogP contribution in [0, 0.1) is 6.92 Å². The summed E-state index contributed by atoms with van der Waals surface area (Å²) in [5.74, 6) is -0.664. The fourth-order valence-electron chi connectivity index (χ4n) is 3.58. The van der Waals surface area contributed by atoms with Crippen LogP contribution in [-0.2, 0) is 9.53 Å². The Balaban J connectivity index is 1.29. The highest BCUT2D eigenvalue weighted by Crippen LogP contribution is 2.25. The van der Waals surface area contributed by atoms with Gasteiger partial charge in [-0.2, -0.15) is 10.2 Å². The summed E-state index contributed by atoms with van der Waals surface area (Å²) in [5, 5.41) is 9.34. The smallest absolute Gasteiger partial charge is 0.336 e. The number of hydrogen-bond donors (Lipinski definition) is 0. The van der Waals surface area contributed by atoms with E-state index in [9.17, 15) is 14.4 Å². The normalized spacial score (nSPS) is 11.1. The van der Waals surface area contributed by atoms with Crippen LogP contribution in [0.1, 0.15) is 22.3 Å². The molecule has 3 aromatic carbocycles. The molecular weight excluding hydrogens is 458 g/mol. The zero-order chi connectivity index (χ0) is 25.5. The van der Waals surface area contributed by atoms with Crippen LogP contribution in [-0.4, -0.2) is 32.0 Å². The van der Waals surface area contributed by atoms with E-state index in [0.29, 0.717) is 29.1 Å². The van der Waals surface area contributed by atoms with Gasteiger partial charge in [0.15, 0.2) is 12.4 Å². The molecule has 0 fully saturated rings. The largest absolute Gasteiger partial charge is 0.457 e. The lowest BCUT2D eigenvalue weighted by molar-refractivity contribution is -0.142. The summed E-state index contributed by atoms with van der Waals surface area (Å²) in [6, 6.07) is 22.9. The highest BCUT2D eigenvalue weighted by Gasteiger charge is 2.11. The molecule has 0 saturated heterocycles. The third kappa shape index (κ3) is 6.29. The van der Waals surface area contributed by atoms with Crippen molar-refractivity contribution in [3.05, 3.63) is 100 Å². The molecule has 0 aliphatic carbocycles. The molecule has 0 saturated carbocycles. The number of fused-ring (bicyclic) bond motifs is 1. The maximum atomic E-state index is 12.1. The van der Waals surface area contributed by atoms with Gasteiger partial charge in [-0.1, -0.05) is 30.3 Å². The Labute approximate surface area is 207 Å². The molecule has 0 unspecified atom stereocenters. The van der Waals surface area contributed by atoms with Gasteiger partial charge in [-0.15, -0.1) is 0 Å². The van der Waals surface area contributed by atoms with E-state index in [0.717, 1.165) is 16.6 Å². The molecule has 0 atom stereocenters. The van der Waals surface area contributed by atoms with Crippen molar-refractivity contribution < 1.29 is 18.7 Å². The van der Waals surface area contributed by atoms with Gasteiger partial charge in [0.05, 0.1) is 17.8 Å². The molecule has 1 heterocycles. The van der Waals surface area contributed by atoms with E-state index in [1.165, 1.54) is 6.07 Å². The zero-order valence-electron chi connectivity index (χ0n) is 20.0.